The van der Waals surface area contributed by atoms with Gasteiger partial charge in [0, 0.05) is 17.1 Å². The number of carbonyl (C=O) groups excluding carboxylic acids is 1. The Morgan fingerprint density at radius 2 is 2.21 bits per heavy atom. The summed E-state index contributed by atoms with van der Waals surface area (Å²) >= 11 is 5.92. The Kier molecular flexibility index (Phi) is 6.67. The molecule has 0 atom stereocenters. The van der Waals surface area contributed by atoms with Gasteiger partial charge in [-0.2, -0.15) is 0 Å². The minimum absolute atomic E-state index is 0.0779. The lowest BCUT2D eigenvalue weighted by atomic mass is 10.1. The SMILES string of the molecule is CC(C)CCNC(=O)COc1cccc(Cl)c1CO. The Labute approximate surface area is 118 Å². The van der Waals surface area contributed by atoms with E-state index >= 15 is 0 Å². The van der Waals surface area contributed by atoms with Gasteiger partial charge in [0.2, 0.25) is 0 Å². The molecular formula is C14H20ClNO3. The monoisotopic (exact) mass is 285 g/mol. The van der Waals surface area contributed by atoms with E-state index in [0.29, 0.717) is 28.8 Å². The van der Waals surface area contributed by atoms with Crippen LogP contribution in [0.4, 0.5) is 0 Å². The molecule has 0 bridgehead atoms. The number of halogens is 1. The quantitative estimate of drug-likeness (QED) is 0.809. The molecule has 19 heavy (non-hydrogen) atoms. The van der Waals surface area contributed by atoms with Crippen LogP contribution in [0.1, 0.15) is 25.8 Å². The van der Waals surface area contributed by atoms with Gasteiger partial charge in [0.25, 0.3) is 5.91 Å². The van der Waals surface area contributed by atoms with E-state index in [4.69, 9.17) is 16.3 Å². The van der Waals surface area contributed by atoms with E-state index in [1.807, 2.05) is 0 Å². The Bertz CT molecular complexity index is 421. The third-order valence-electron chi connectivity index (χ3n) is 2.64. The summed E-state index contributed by atoms with van der Waals surface area (Å²) in [6.07, 6.45) is 0.935. The molecule has 0 radical (unpaired) electrons. The molecule has 2 N–H and O–H groups in total. The lowest BCUT2D eigenvalue weighted by molar-refractivity contribution is -0.123. The molecule has 1 amide bonds. The minimum Gasteiger partial charge on any atom is -0.483 e. The van der Waals surface area contributed by atoms with Gasteiger partial charge in [-0.15, -0.1) is 0 Å². The predicted molar refractivity (Wildman–Crippen MR) is 75.3 cm³/mol. The van der Waals surface area contributed by atoms with Crippen LogP contribution in [0.2, 0.25) is 5.02 Å². The molecule has 0 saturated heterocycles. The second kappa shape index (κ2) is 8.02. The summed E-state index contributed by atoms with van der Waals surface area (Å²) in [7, 11) is 0. The average molecular weight is 286 g/mol. The normalized spacial score (nSPS) is 10.6. The summed E-state index contributed by atoms with van der Waals surface area (Å²) in [5, 5.41) is 12.4. The van der Waals surface area contributed by atoms with E-state index in [1.54, 1.807) is 18.2 Å². The summed E-state index contributed by atoms with van der Waals surface area (Å²) in [6, 6.07) is 5.06. The fourth-order valence-corrected chi connectivity index (χ4v) is 1.75. The first-order valence-corrected chi connectivity index (χ1v) is 6.70. The highest BCUT2D eigenvalue weighted by atomic mass is 35.5. The smallest absolute Gasteiger partial charge is 0.257 e. The Hall–Kier alpha value is -1.26. The van der Waals surface area contributed by atoms with Crippen LogP contribution in [0.25, 0.3) is 0 Å². The van der Waals surface area contributed by atoms with Crippen molar-refractivity contribution in [1.82, 2.24) is 5.32 Å². The van der Waals surface area contributed by atoms with E-state index in [-0.39, 0.29) is 19.1 Å². The van der Waals surface area contributed by atoms with Gasteiger partial charge in [0.1, 0.15) is 5.75 Å². The van der Waals surface area contributed by atoms with Gasteiger partial charge in [0.15, 0.2) is 6.61 Å². The van der Waals surface area contributed by atoms with Crippen molar-refractivity contribution in [3.05, 3.63) is 28.8 Å². The number of ether oxygens (including phenoxy) is 1. The zero-order valence-electron chi connectivity index (χ0n) is 11.3. The molecule has 0 fully saturated rings. The number of aliphatic hydroxyl groups is 1. The van der Waals surface area contributed by atoms with Gasteiger partial charge in [-0.3, -0.25) is 4.79 Å². The molecule has 0 heterocycles. The van der Waals surface area contributed by atoms with Crippen molar-refractivity contribution in [2.24, 2.45) is 5.92 Å². The van der Waals surface area contributed by atoms with Crippen molar-refractivity contribution in [2.75, 3.05) is 13.2 Å². The van der Waals surface area contributed by atoms with E-state index < -0.39 is 0 Å². The van der Waals surface area contributed by atoms with Crippen molar-refractivity contribution in [1.29, 1.82) is 0 Å². The van der Waals surface area contributed by atoms with Crippen LogP contribution < -0.4 is 10.1 Å². The van der Waals surface area contributed by atoms with Crippen LogP contribution in [-0.2, 0) is 11.4 Å². The molecule has 1 rings (SSSR count). The van der Waals surface area contributed by atoms with E-state index in [0.717, 1.165) is 6.42 Å². The highest BCUT2D eigenvalue weighted by molar-refractivity contribution is 6.31. The third kappa shape index (κ3) is 5.49. The van der Waals surface area contributed by atoms with Gasteiger partial charge >= 0.3 is 0 Å². The zero-order valence-corrected chi connectivity index (χ0v) is 12.0. The lowest BCUT2D eigenvalue weighted by Crippen LogP contribution is -2.30. The number of hydrogen-bond acceptors (Lipinski definition) is 3. The van der Waals surface area contributed by atoms with Crippen LogP contribution in [-0.4, -0.2) is 24.2 Å². The molecule has 106 valence electrons. The molecule has 5 heteroatoms. The van der Waals surface area contributed by atoms with E-state index in [9.17, 15) is 9.90 Å². The summed E-state index contributed by atoms with van der Waals surface area (Å²) in [5.41, 5.74) is 0.499. The number of benzene rings is 1. The Balaban J connectivity index is 2.44. The number of amides is 1. The van der Waals surface area contributed by atoms with Gasteiger partial charge in [-0.25, -0.2) is 0 Å². The predicted octanol–water partition coefficient (Wildman–Crippen LogP) is 2.37. The molecule has 0 aliphatic carbocycles. The maximum Gasteiger partial charge on any atom is 0.257 e. The molecule has 4 nitrogen and oxygen atoms in total. The molecular weight excluding hydrogens is 266 g/mol. The fraction of sp³-hybridized carbons (Fsp3) is 0.500. The molecule has 0 spiro atoms. The first kappa shape index (κ1) is 15.8. The molecule has 1 aromatic rings. The minimum atomic E-state index is -0.218. The standard InChI is InChI=1S/C14H20ClNO3/c1-10(2)6-7-16-14(18)9-19-13-5-3-4-12(15)11(13)8-17/h3-5,10,17H,6-9H2,1-2H3,(H,16,18). The van der Waals surface area contributed by atoms with Gasteiger partial charge < -0.3 is 15.2 Å². The Morgan fingerprint density at radius 1 is 1.47 bits per heavy atom. The highest BCUT2D eigenvalue weighted by Crippen LogP contribution is 2.26. The van der Waals surface area contributed by atoms with Gasteiger partial charge in [-0.05, 0) is 24.5 Å². The maximum absolute atomic E-state index is 11.6. The summed E-state index contributed by atoms with van der Waals surface area (Å²) in [5.74, 6) is 0.814. The molecule has 0 saturated carbocycles. The Morgan fingerprint density at radius 3 is 2.84 bits per heavy atom. The summed E-state index contributed by atoms with van der Waals surface area (Å²) in [6.45, 7) is 4.54. The zero-order chi connectivity index (χ0) is 14.3. The van der Waals surface area contributed by atoms with Crippen LogP contribution in [0.5, 0.6) is 5.75 Å². The molecule has 0 unspecified atom stereocenters. The number of aliphatic hydroxyl groups excluding tert-OH is 1. The average Bonchev–Trinajstić information content (AvgIpc) is 2.36. The molecule has 0 aliphatic rings. The number of carbonyl (C=O) groups is 1. The molecule has 0 aromatic heterocycles. The summed E-state index contributed by atoms with van der Waals surface area (Å²) in [4.78, 5) is 11.6. The van der Waals surface area contributed by atoms with Crippen LogP contribution in [0.3, 0.4) is 0 Å². The number of nitrogens with one attached hydrogen (secondary N) is 1. The van der Waals surface area contributed by atoms with Crippen molar-refractivity contribution in [3.63, 3.8) is 0 Å². The first-order chi connectivity index (χ1) is 9.04. The van der Waals surface area contributed by atoms with E-state index in [1.165, 1.54) is 0 Å². The largest absolute Gasteiger partial charge is 0.483 e. The second-order valence-corrected chi connectivity index (χ2v) is 5.10. The van der Waals surface area contributed by atoms with Crippen LogP contribution >= 0.6 is 11.6 Å². The van der Waals surface area contributed by atoms with Gasteiger partial charge in [-0.1, -0.05) is 31.5 Å². The van der Waals surface area contributed by atoms with Crippen molar-refractivity contribution < 1.29 is 14.6 Å². The first-order valence-electron chi connectivity index (χ1n) is 6.32. The fourth-order valence-electron chi connectivity index (χ4n) is 1.52. The second-order valence-electron chi connectivity index (χ2n) is 4.70. The van der Waals surface area contributed by atoms with Crippen molar-refractivity contribution in [3.8, 4) is 5.75 Å². The van der Waals surface area contributed by atoms with Gasteiger partial charge in [0.05, 0.1) is 6.61 Å². The number of rotatable bonds is 7. The topological polar surface area (TPSA) is 58.6 Å². The summed E-state index contributed by atoms with van der Waals surface area (Å²) < 4.78 is 5.37. The lowest BCUT2D eigenvalue weighted by Gasteiger charge is -2.11. The highest BCUT2D eigenvalue weighted by Gasteiger charge is 2.09. The molecule has 1 aromatic carbocycles. The van der Waals surface area contributed by atoms with Crippen LogP contribution in [0, 0.1) is 5.92 Å². The molecule has 0 aliphatic heterocycles. The van der Waals surface area contributed by atoms with Crippen molar-refractivity contribution >= 4 is 17.5 Å². The van der Waals surface area contributed by atoms with Crippen LogP contribution in [0.15, 0.2) is 18.2 Å². The third-order valence-corrected chi connectivity index (χ3v) is 2.99. The maximum atomic E-state index is 11.6. The van der Waals surface area contributed by atoms with E-state index in [2.05, 4.69) is 19.2 Å². The van der Waals surface area contributed by atoms with Crippen molar-refractivity contribution in [2.45, 2.75) is 26.9 Å². The number of hydrogen-bond donors (Lipinski definition) is 2.